The van der Waals surface area contributed by atoms with Crippen molar-refractivity contribution < 1.29 is 33.0 Å². The number of amides is 1. The van der Waals surface area contributed by atoms with Gasteiger partial charge >= 0.3 is 12.1 Å². The van der Waals surface area contributed by atoms with Gasteiger partial charge in [0.05, 0.1) is 40.5 Å². The molecule has 4 atom stereocenters. The summed E-state index contributed by atoms with van der Waals surface area (Å²) in [6.45, 7) is 5.64. The van der Waals surface area contributed by atoms with E-state index < -0.39 is 46.9 Å². The lowest BCUT2D eigenvalue weighted by atomic mass is 9.74. The number of halogens is 4. The summed E-state index contributed by atoms with van der Waals surface area (Å²) in [6.07, 6.45) is -1.67. The summed E-state index contributed by atoms with van der Waals surface area (Å²) in [6, 6.07) is 2.13. The third-order valence-corrected chi connectivity index (χ3v) is 10.0. The molecule has 0 radical (unpaired) electrons. The van der Waals surface area contributed by atoms with Crippen LogP contribution < -0.4 is 0 Å². The minimum atomic E-state index is -4.87. The largest absolute Gasteiger partial charge is 0.481 e. The Morgan fingerprint density at radius 3 is 2.38 bits per heavy atom. The number of aromatic nitrogens is 3. The first-order valence-electron chi connectivity index (χ1n) is 13.6. The van der Waals surface area contributed by atoms with Crippen LogP contribution in [0.1, 0.15) is 93.2 Å². The first kappa shape index (κ1) is 28.9. The number of hydrogen-bond acceptors (Lipinski definition) is 5. The predicted octanol–water partition coefficient (Wildman–Crippen LogP) is 5.77. The summed E-state index contributed by atoms with van der Waals surface area (Å²) < 4.78 is 44.4. The van der Waals surface area contributed by atoms with E-state index >= 15 is 0 Å². The van der Waals surface area contributed by atoms with Gasteiger partial charge in [-0.1, -0.05) is 25.4 Å². The lowest BCUT2D eigenvalue weighted by Crippen LogP contribution is -2.43. The van der Waals surface area contributed by atoms with Gasteiger partial charge in [0.25, 0.3) is 5.91 Å². The van der Waals surface area contributed by atoms with Gasteiger partial charge in [0.15, 0.2) is 5.69 Å². The Labute approximate surface area is 235 Å². The van der Waals surface area contributed by atoms with Crippen molar-refractivity contribution in [3.63, 3.8) is 0 Å². The number of aliphatic hydroxyl groups is 1. The molecule has 12 heteroatoms. The number of nitrogens with zero attached hydrogens (tertiary/aromatic N) is 4. The maximum Gasteiger partial charge on any atom is 0.433 e. The van der Waals surface area contributed by atoms with Gasteiger partial charge in [0, 0.05) is 12.2 Å². The lowest BCUT2D eigenvalue weighted by molar-refractivity contribution is -0.152. The average Bonchev–Trinajstić information content (AvgIpc) is 3.31. The zero-order chi connectivity index (χ0) is 29.2. The number of aliphatic hydroxyl groups excluding tert-OH is 1. The molecule has 2 N–H and O–H groups in total. The van der Waals surface area contributed by atoms with E-state index in [1.807, 2.05) is 0 Å². The predicted molar refractivity (Wildman–Crippen MR) is 140 cm³/mol. The summed E-state index contributed by atoms with van der Waals surface area (Å²) in [7, 11) is 0. The molecule has 218 valence electrons. The number of rotatable bonds is 7. The number of pyridine rings is 1. The average molecular weight is 583 g/mol. The Kier molecular flexibility index (Phi) is 7.22. The van der Waals surface area contributed by atoms with Crippen LogP contribution in [0.4, 0.5) is 13.2 Å². The van der Waals surface area contributed by atoms with Crippen LogP contribution in [0, 0.1) is 22.7 Å². The number of alkyl halides is 3. The van der Waals surface area contributed by atoms with Gasteiger partial charge in [-0.05, 0) is 74.8 Å². The van der Waals surface area contributed by atoms with Crippen LogP contribution in [-0.2, 0) is 11.0 Å². The standard InChI is InChI=1S/C28H34ClF3N4O4/c1-26(2)18-11-16(12-19(18)26)35(14-21(37)22-20(29)5-4-10-33-22)24(38)17-13-34-36(23(17)28(30,31)32)15-6-8-27(3,9-7-15)25(39)40/h4-5,10,13,15-16,18-19,21,37H,6-9,11-12,14H2,1-3H3,(H,39,40)/t15?,16?,18-,19+,21?,27?. The molecule has 3 saturated carbocycles. The van der Waals surface area contributed by atoms with Crippen molar-refractivity contribution in [2.75, 3.05) is 6.54 Å². The summed E-state index contributed by atoms with van der Waals surface area (Å²) in [5, 5.41) is 24.8. The molecule has 0 aromatic carbocycles. The molecule has 3 fully saturated rings. The fourth-order valence-corrected chi connectivity index (χ4v) is 7.22. The molecule has 2 unspecified atom stereocenters. The molecule has 40 heavy (non-hydrogen) atoms. The first-order chi connectivity index (χ1) is 18.6. The van der Waals surface area contributed by atoms with Crippen molar-refractivity contribution in [1.29, 1.82) is 0 Å². The van der Waals surface area contributed by atoms with Gasteiger partial charge in [0.2, 0.25) is 0 Å². The minimum Gasteiger partial charge on any atom is -0.481 e. The summed E-state index contributed by atoms with van der Waals surface area (Å²) >= 11 is 6.22. The third-order valence-electron chi connectivity index (χ3n) is 9.73. The first-order valence-corrected chi connectivity index (χ1v) is 14.0. The molecule has 0 aliphatic heterocycles. The van der Waals surface area contributed by atoms with E-state index in [0.29, 0.717) is 24.7 Å². The fraction of sp³-hybridized carbons (Fsp3) is 0.643. The van der Waals surface area contributed by atoms with Gasteiger partial charge in [0.1, 0.15) is 6.10 Å². The summed E-state index contributed by atoms with van der Waals surface area (Å²) in [4.78, 5) is 31.1. The molecule has 2 heterocycles. The number of hydrogen-bond donors (Lipinski definition) is 2. The van der Waals surface area contributed by atoms with Crippen LogP contribution in [-0.4, -0.2) is 54.3 Å². The quantitative estimate of drug-likeness (QED) is 0.429. The van der Waals surface area contributed by atoms with Crippen LogP contribution >= 0.6 is 11.6 Å². The zero-order valence-corrected chi connectivity index (χ0v) is 23.4. The van der Waals surface area contributed by atoms with Gasteiger partial charge < -0.3 is 15.1 Å². The maximum absolute atomic E-state index is 14.5. The highest BCUT2D eigenvalue weighted by Crippen LogP contribution is 2.67. The van der Waals surface area contributed by atoms with E-state index in [2.05, 4.69) is 23.9 Å². The Balaban J connectivity index is 1.46. The number of fused-ring (bicyclic) bond motifs is 1. The highest BCUT2D eigenvalue weighted by Gasteiger charge is 2.63. The SMILES string of the molecule is CC1(C(=O)O)CCC(n2ncc(C(=O)N(CC(O)c3ncccc3Cl)C3C[C@@H]4[C@H](C3)C4(C)C)c2C(F)(F)F)CC1. The van der Waals surface area contributed by atoms with E-state index in [1.165, 1.54) is 11.1 Å². The van der Waals surface area contributed by atoms with Crippen LogP contribution in [0.5, 0.6) is 0 Å². The van der Waals surface area contributed by atoms with Crippen LogP contribution in [0.2, 0.25) is 5.02 Å². The molecule has 8 nitrogen and oxygen atoms in total. The maximum atomic E-state index is 14.5. The molecular formula is C28H34ClF3N4O4. The van der Waals surface area contributed by atoms with Gasteiger partial charge in [-0.2, -0.15) is 18.3 Å². The number of aliphatic carboxylic acids is 1. The van der Waals surface area contributed by atoms with Crippen molar-refractivity contribution in [1.82, 2.24) is 19.7 Å². The fourth-order valence-electron chi connectivity index (χ4n) is 6.98. The molecule has 3 aliphatic carbocycles. The molecule has 5 rings (SSSR count). The van der Waals surface area contributed by atoms with E-state index in [9.17, 15) is 33.0 Å². The number of carboxylic acids is 1. The molecule has 3 aliphatic rings. The van der Waals surface area contributed by atoms with E-state index in [0.717, 1.165) is 10.9 Å². The molecule has 2 aromatic heterocycles. The number of carbonyl (C=O) groups excluding carboxylic acids is 1. The monoisotopic (exact) mass is 582 g/mol. The highest BCUT2D eigenvalue weighted by molar-refractivity contribution is 6.31. The van der Waals surface area contributed by atoms with Crippen molar-refractivity contribution >= 4 is 23.5 Å². The van der Waals surface area contributed by atoms with Crippen LogP contribution in [0.25, 0.3) is 0 Å². The Morgan fingerprint density at radius 1 is 1.20 bits per heavy atom. The minimum absolute atomic E-state index is 0.127. The van der Waals surface area contributed by atoms with E-state index in [4.69, 9.17) is 11.6 Å². The van der Waals surface area contributed by atoms with Crippen molar-refractivity contribution in [2.24, 2.45) is 22.7 Å². The normalized spacial score (nSPS) is 30.0. The molecule has 0 bridgehead atoms. The second-order valence-electron chi connectivity index (χ2n) is 12.4. The topological polar surface area (TPSA) is 109 Å². The summed E-state index contributed by atoms with van der Waals surface area (Å²) in [5.74, 6) is -1.10. The Morgan fingerprint density at radius 2 is 1.82 bits per heavy atom. The van der Waals surface area contributed by atoms with Crippen LogP contribution in [0.15, 0.2) is 24.5 Å². The molecular weight excluding hydrogens is 549 g/mol. The Bertz CT molecular complexity index is 1290. The van der Waals surface area contributed by atoms with Crippen molar-refractivity contribution in [2.45, 2.75) is 83.7 Å². The molecule has 2 aromatic rings. The van der Waals surface area contributed by atoms with Crippen LogP contribution in [0.3, 0.4) is 0 Å². The molecule has 0 saturated heterocycles. The van der Waals surface area contributed by atoms with Crippen molar-refractivity contribution in [3.8, 4) is 0 Å². The highest BCUT2D eigenvalue weighted by atomic mass is 35.5. The Hall–Kier alpha value is -2.66. The molecule has 1 amide bonds. The smallest absolute Gasteiger partial charge is 0.433 e. The van der Waals surface area contributed by atoms with E-state index in [-0.39, 0.29) is 54.4 Å². The zero-order valence-electron chi connectivity index (χ0n) is 22.7. The van der Waals surface area contributed by atoms with Crippen molar-refractivity contribution in [3.05, 3.63) is 46.5 Å². The number of carboxylic acid groups (broad SMARTS) is 1. The second kappa shape index (κ2) is 10.0. The summed E-state index contributed by atoms with van der Waals surface area (Å²) in [5.41, 5.74) is -2.43. The van der Waals surface area contributed by atoms with Gasteiger partial charge in [-0.3, -0.25) is 19.3 Å². The third kappa shape index (κ3) is 5.00. The van der Waals surface area contributed by atoms with Gasteiger partial charge in [-0.25, -0.2) is 0 Å². The van der Waals surface area contributed by atoms with Gasteiger partial charge in [-0.15, -0.1) is 0 Å². The lowest BCUT2D eigenvalue weighted by Gasteiger charge is -2.35. The molecule has 0 spiro atoms. The van der Waals surface area contributed by atoms with E-state index in [1.54, 1.807) is 19.1 Å². The number of carbonyl (C=O) groups is 2. The second-order valence-corrected chi connectivity index (χ2v) is 12.9.